The number of nitrogens with zero attached hydrogens (tertiary/aromatic N) is 4. The van der Waals surface area contributed by atoms with Gasteiger partial charge in [0.15, 0.2) is 0 Å². The Morgan fingerprint density at radius 3 is 2.85 bits per heavy atom. The smallest absolute Gasteiger partial charge is 0.245 e. The molecule has 0 saturated heterocycles. The number of aromatic nitrogens is 7. The number of benzene rings is 1. The van der Waals surface area contributed by atoms with Crippen molar-refractivity contribution in [2.75, 3.05) is 16.2 Å². The molecular formula is C16H14N10. The van der Waals surface area contributed by atoms with Crippen LogP contribution in [-0.4, -0.2) is 35.3 Å². The molecule has 0 fully saturated rings. The van der Waals surface area contributed by atoms with E-state index in [-0.39, 0.29) is 0 Å². The number of hydrazine groups is 1. The van der Waals surface area contributed by atoms with Gasteiger partial charge in [0.1, 0.15) is 17.3 Å². The Hall–Kier alpha value is -4.08. The van der Waals surface area contributed by atoms with E-state index in [9.17, 15) is 0 Å². The van der Waals surface area contributed by atoms with Crippen LogP contribution >= 0.6 is 0 Å². The first-order valence-electron chi connectivity index (χ1n) is 7.92. The minimum Gasteiger partial charge on any atom is -0.346 e. The lowest BCUT2D eigenvalue weighted by molar-refractivity contribution is 1.09. The first-order valence-corrected chi connectivity index (χ1v) is 7.92. The normalized spacial score (nSPS) is 11.1. The highest BCUT2D eigenvalue weighted by atomic mass is 15.4. The number of fused-ring (bicyclic) bond motifs is 2. The number of aromatic amines is 3. The predicted octanol–water partition coefficient (Wildman–Crippen LogP) is 2.74. The monoisotopic (exact) mass is 346 g/mol. The van der Waals surface area contributed by atoms with E-state index in [1.807, 2.05) is 36.5 Å². The number of hydrogen-bond acceptors (Lipinski definition) is 7. The standard InChI is InChI=1S/C16H14N10/c1-2-10(7-12-9(1)8-19-24-12)23-26-16-21-14-11(3-5-17-14)15(22-16)20-13-4-6-18-25-13/h1-8,23H,(H,19,24)(H4,17,18,20,21,22,25,26). The van der Waals surface area contributed by atoms with Crippen LogP contribution in [0.1, 0.15) is 0 Å². The van der Waals surface area contributed by atoms with Crippen LogP contribution in [0.2, 0.25) is 0 Å². The molecule has 0 unspecified atom stereocenters. The Morgan fingerprint density at radius 2 is 1.92 bits per heavy atom. The fourth-order valence-electron chi connectivity index (χ4n) is 2.69. The van der Waals surface area contributed by atoms with E-state index in [0.29, 0.717) is 11.8 Å². The lowest BCUT2D eigenvalue weighted by atomic mass is 10.2. The van der Waals surface area contributed by atoms with Crippen molar-refractivity contribution in [2.24, 2.45) is 0 Å². The number of anilines is 4. The van der Waals surface area contributed by atoms with Crippen LogP contribution in [0, 0.1) is 0 Å². The molecule has 0 aliphatic rings. The highest BCUT2D eigenvalue weighted by Gasteiger charge is 2.09. The number of hydrogen-bond donors (Lipinski definition) is 6. The Labute approximate surface area is 146 Å². The summed E-state index contributed by atoms with van der Waals surface area (Å²) in [6.07, 6.45) is 5.27. The van der Waals surface area contributed by atoms with E-state index in [1.54, 1.807) is 12.4 Å². The molecule has 0 radical (unpaired) electrons. The van der Waals surface area contributed by atoms with Crippen LogP contribution < -0.4 is 16.2 Å². The first kappa shape index (κ1) is 14.3. The molecule has 5 rings (SSSR count). The molecule has 10 nitrogen and oxygen atoms in total. The molecule has 0 saturated carbocycles. The molecular weight excluding hydrogens is 332 g/mol. The van der Waals surface area contributed by atoms with Crippen molar-refractivity contribution in [3.05, 3.63) is 48.9 Å². The van der Waals surface area contributed by atoms with Gasteiger partial charge >= 0.3 is 0 Å². The zero-order chi connectivity index (χ0) is 17.3. The Bertz CT molecular complexity index is 1170. The summed E-state index contributed by atoms with van der Waals surface area (Å²) in [6.45, 7) is 0. The van der Waals surface area contributed by atoms with E-state index in [0.717, 1.165) is 33.4 Å². The van der Waals surface area contributed by atoms with Crippen molar-refractivity contribution in [3.63, 3.8) is 0 Å². The maximum atomic E-state index is 4.53. The molecule has 10 heteroatoms. The average molecular weight is 346 g/mol. The lowest BCUT2D eigenvalue weighted by Crippen LogP contribution is -2.12. The summed E-state index contributed by atoms with van der Waals surface area (Å²) in [5, 5.41) is 18.9. The maximum Gasteiger partial charge on any atom is 0.245 e. The van der Waals surface area contributed by atoms with Crippen molar-refractivity contribution in [1.82, 2.24) is 35.3 Å². The Balaban J connectivity index is 1.42. The average Bonchev–Trinajstić information content (AvgIpc) is 3.40. The first-order chi connectivity index (χ1) is 12.8. The topological polar surface area (TPSA) is 135 Å². The van der Waals surface area contributed by atoms with Crippen molar-refractivity contribution >= 4 is 45.2 Å². The summed E-state index contributed by atoms with van der Waals surface area (Å²) >= 11 is 0. The number of rotatable bonds is 5. The summed E-state index contributed by atoms with van der Waals surface area (Å²) in [5.41, 5.74) is 8.65. The zero-order valence-electron chi connectivity index (χ0n) is 13.4. The number of nitrogens with one attached hydrogen (secondary N) is 6. The fraction of sp³-hybridized carbons (Fsp3) is 0. The van der Waals surface area contributed by atoms with Gasteiger partial charge in [-0.2, -0.15) is 20.2 Å². The Morgan fingerprint density at radius 1 is 0.923 bits per heavy atom. The molecule has 26 heavy (non-hydrogen) atoms. The summed E-state index contributed by atoms with van der Waals surface area (Å²) in [5.74, 6) is 1.83. The molecule has 6 N–H and O–H groups in total. The van der Waals surface area contributed by atoms with Gasteiger partial charge < -0.3 is 10.3 Å². The lowest BCUT2D eigenvalue weighted by Gasteiger charge is -2.11. The zero-order valence-corrected chi connectivity index (χ0v) is 13.4. The van der Waals surface area contributed by atoms with Crippen LogP contribution in [0.25, 0.3) is 21.9 Å². The molecule has 0 bridgehead atoms. The Kier molecular flexibility index (Phi) is 3.17. The maximum absolute atomic E-state index is 4.53. The van der Waals surface area contributed by atoms with Crippen molar-refractivity contribution in [2.45, 2.75) is 0 Å². The van der Waals surface area contributed by atoms with E-state index in [2.05, 4.69) is 51.5 Å². The molecule has 128 valence electrons. The van der Waals surface area contributed by atoms with E-state index in [1.165, 1.54) is 0 Å². The third-order valence-corrected chi connectivity index (χ3v) is 3.93. The number of H-pyrrole nitrogens is 3. The van der Waals surface area contributed by atoms with Gasteiger partial charge in [0.25, 0.3) is 0 Å². The third-order valence-electron chi connectivity index (χ3n) is 3.93. The molecule has 4 aromatic heterocycles. The molecule has 0 aliphatic heterocycles. The van der Waals surface area contributed by atoms with Gasteiger partial charge in [-0.3, -0.25) is 21.0 Å². The molecule has 0 amide bonds. The highest BCUT2D eigenvalue weighted by molar-refractivity contribution is 5.89. The summed E-state index contributed by atoms with van der Waals surface area (Å²) in [4.78, 5) is 12.1. The minimum atomic E-state index is 0.423. The fourth-order valence-corrected chi connectivity index (χ4v) is 2.69. The SMILES string of the molecule is c1cc(Nc2nc(NNc3ccc4cn[nH]c4c3)nc3[nH]ccc23)[nH]n1. The van der Waals surface area contributed by atoms with Gasteiger partial charge in [-0.25, -0.2) is 0 Å². The van der Waals surface area contributed by atoms with Crippen LogP contribution in [0.15, 0.2) is 48.9 Å². The van der Waals surface area contributed by atoms with Gasteiger partial charge in [0, 0.05) is 17.6 Å². The van der Waals surface area contributed by atoms with E-state index in [4.69, 9.17) is 0 Å². The molecule has 1 aromatic carbocycles. The second-order valence-electron chi connectivity index (χ2n) is 5.65. The molecule has 4 heterocycles. The predicted molar refractivity (Wildman–Crippen MR) is 99.1 cm³/mol. The van der Waals surface area contributed by atoms with Crippen LogP contribution in [0.3, 0.4) is 0 Å². The van der Waals surface area contributed by atoms with Crippen molar-refractivity contribution in [1.29, 1.82) is 0 Å². The molecule has 0 atom stereocenters. The van der Waals surface area contributed by atoms with Crippen LogP contribution in [0.4, 0.5) is 23.3 Å². The minimum absolute atomic E-state index is 0.423. The molecule has 5 aromatic rings. The molecule has 0 spiro atoms. The van der Waals surface area contributed by atoms with Gasteiger partial charge in [-0.15, -0.1) is 0 Å². The summed E-state index contributed by atoms with van der Waals surface area (Å²) < 4.78 is 0. The quantitative estimate of drug-likeness (QED) is 0.269. The second-order valence-corrected chi connectivity index (χ2v) is 5.65. The van der Waals surface area contributed by atoms with E-state index < -0.39 is 0 Å². The second kappa shape index (κ2) is 5.77. The van der Waals surface area contributed by atoms with Gasteiger partial charge in [-0.1, -0.05) is 0 Å². The summed E-state index contributed by atoms with van der Waals surface area (Å²) in [7, 11) is 0. The highest BCUT2D eigenvalue weighted by Crippen LogP contribution is 2.24. The van der Waals surface area contributed by atoms with Crippen molar-refractivity contribution < 1.29 is 0 Å². The van der Waals surface area contributed by atoms with Crippen LogP contribution in [0.5, 0.6) is 0 Å². The van der Waals surface area contributed by atoms with Gasteiger partial charge in [0.05, 0.1) is 29.0 Å². The largest absolute Gasteiger partial charge is 0.346 e. The molecule has 0 aliphatic carbocycles. The third kappa shape index (κ3) is 2.55. The van der Waals surface area contributed by atoms with Crippen molar-refractivity contribution in [3.8, 4) is 0 Å². The van der Waals surface area contributed by atoms with Crippen LogP contribution in [-0.2, 0) is 0 Å². The van der Waals surface area contributed by atoms with E-state index >= 15 is 0 Å². The summed E-state index contributed by atoms with van der Waals surface area (Å²) in [6, 6.07) is 9.61. The van der Waals surface area contributed by atoms with Gasteiger partial charge in [0.2, 0.25) is 5.95 Å². The van der Waals surface area contributed by atoms with Gasteiger partial charge in [-0.05, 0) is 24.3 Å².